The molecule has 0 radical (unpaired) electrons. The third kappa shape index (κ3) is 4.72. The second kappa shape index (κ2) is 8.85. The molecule has 6 heteroatoms. The Bertz CT molecular complexity index is 1030. The van der Waals surface area contributed by atoms with Crippen molar-refractivity contribution in [1.82, 2.24) is 9.88 Å². The Labute approximate surface area is 180 Å². The molecule has 29 heavy (non-hydrogen) atoms. The first-order valence-electron chi connectivity index (χ1n) is 9.52. The van der Waals surface area contributed by atoms with Crippen LogP contribution in [0.2, 0.25) is 10.0 Å². The molecule has 1 aliphatic rings. The molecule has 1 aromatic heterocycles. The number of rotatable bonds is 5. The molecule has 148 valence electrons. The van der Waals surface area contributed by atoms with Crippen LogP contribution in [0.4, 0.5) is 0 Å². The smallest absolute Gasteiger partial charge is 0.253 e. The number of likely N-dealkylation sites (tertiary alicyclic amines) is 1. The molecule has 0 aliphatic carbocycles. The number of carbonyl (C=O) groups excluding carboxylic acids is 1. The van der Waals surface area contributed by atoms with Gasteiger partial charge in [-0.15, -0.1) is 0 Å². The Hall–Kier alpha value is -2.56. The van der Waals surface area contributed by atoms with Gasteiger partial charge in [0.1, 0.15) is 12.4 Å². The number of nitrogens with zero attached hydrogens (tertiary/aromatic N) is 2. The number of hydrogen-bond donors (Lipinski definition) is 0. The molecule has 0 saturated carbocycles. The fourth-order valence-electron chi connectivity index (χ4n) is 3.39. The highest BCUT2D eigenvalue weighted by molar-refractivity contribution is 6.35. The Balaban J connectivity index is 1.51. The van der Waals surface area contributed by atoms with Crippen molar-refractivity contribution in [3.63, 3.8) is 0 Å². The normalized spacial score (nSPS) is 13.5. The molecule has 4 rings (SSSR count). The van der Waals surface area contributed by atoms with Crippen LogP contribution < -0.4 is 4.74 Å². The predicted molar refractivity (Wildman–Crippen MR) is 116 cm³/mol. The van der Waals surface area contributed by atoms with Crippen LogP contribution in [0.3, 0.4) is 0 Å². The summed E-state index contributed by atoms with van der Waals surface area (Å²) in [4.78, 5) is 18.9. The van der Waals surface area contributed by atoms with Gasteiger partial charge in [-0.2, -0.15) is 0 Å². The zero-order chi connectivity index (χ0) is 20.2. The molecule has 2 heterocycles. The predicted octanol–water partition coefficient (Wildman–Crippen LogP) is 5.87. The maximum absolute atomic E-state index is 12.7. The van der Waals surface area contributed by atoms with E-state index in [-0.39, 0.29) is 5.91 Å². The van der Waals surface area contributed by atoms with Gasteiger partial charge in [0.15, 0.2) is 0 Å². The molecule has 0 N–H and O–H groups in total. The van der Waals surface area contributed by atoms with Gasteiger partial charge < -0.3 is 9.64 Å². The summed E-state index contributed by atoms with van der Waals surface area (Å²) in [6, 6.07) is 14.9. The van der Waals surface area contributed by atoms with E-state index in [1.165, 1.54) is 0 Å². The van der Waals surface area contributed by atoms with Crippen molar-refractivity contribution in [1.29, 1.82) is 0 Å². The van der Waals surface area contributed by atoms with E-state index in [0.29, 0.717) is 28.0 Å². The highest BCUT2D eigenvalue weighted by Crippen LogP contribution is 2.26. The topological polar surface area (TPSA) is 42.4 Å². The van der Waals surface area contributed by atoms with Crippen LogP contribution >= 0.6 is 23.2 Å². The third-order valence-electron chi connectivity index (χ3n) is 4.96. The minimum Gasteiger partial charge on any atom is -0.487 e. The van der Waals surface area contributed by atoms with E-state index in [9.17, 15) is 4.79 Å². The molecular formula is C23H20Cl2N2O2. The number of aromatic nitrogens is 1. The summed E-state index contributed by atoms with van der Waals surface area (Å²) >= 11 is 12.1. The summed E-state index contributed by atoms with van der Waals surface area (Å²) in [5.74, 6) is 0.715. The number of ether oxygens (including phenoxy) is 1. The Morgan fingerprint density at radius 3 is 2.62 bits per heavy atom. The molecule has 1 saturated heterocycles. The number of pyridine rings is 1. The maximum Gasteiger partial charge on any atom is 0.253 e. The molecule has 0 spiro atoms. The molecular weight excluding hydrogens is 407 g/mol. The third-order valence-corrected chi connectivity index (χ3v) is 5.55. The maximum atomic E-state index is 12.7. The lowest BCUT2D eigenvalue weighted by Gasteiger charge is -2.15. The number of halogens is 2. The van der Waals surface area contributed by atoms with E-state index in [2.05, 4.69) is 4.98 Å². The van der Waals surface area contributed by atoms with Crippen LogP contribution in [0, 0.1) is 0 Å². The van der Waals surface area contributed by atoms with Crippen LogP contribution in [0.5, 0.6) is 5.75 Å². The van der Waals surface area contributed by atoms with Crippen LogP contribution in [-0.4, -0.2) is 28.9 Å². The van der Waals surface area contributed by atoms with Crippen molar-refractivity contribution in [2.24, 2.45) is 0 Å². The number of hydrogen-bond acceptors (Lipinski definition) is 3. The van der Waals surface area contributed by atoms with Gasteiger partial charge in [-0.3, -0.25) is 9.78 Å². The van der Waals surface area contributed by atoms with E-state index in [4.69, 9.17) is 27.9 Å². The summed E-state index contributed by atoms with van der Waals surface area (Å²) < 4.78 is 5.87. The lowest BCUT2D eigenvalue weighted by Crippen LogP contribution is -2.27. The average molecular weight is 427 g/mol. The van der Waals surface area contributed by atoms with Gasteiger partial charge in [-0.1, -0.05) is 41.4 Å². The summed E-state index contributed by atoms with van der Waals surface area (Å²) in [5, 5.41) is 1.15. The largest absolute Gasteiger partial charge is 0.487 e. The quantitative estimate of drug-likeness (QED) is 0.512. The zero-order valence-corrected chi connectivity index (χ0v) is 17.3. The number of benzene rings is 2. The first-order valence-corrected chi connectivity index (χ1v) is 10.3. The van der Waals surface area contributed by atoms with Crippen LogP contribution in [-0.2, 0) is 6.61 Å². The van der Waals surface area contributed by atoms with Gasteiger partial charge in [0, 0.05) is 46.0 Å². The molecule has 1 amide bonds. The molecule has 1 aliphatic heterocycles. The Morgan fingerprint density at radius 2 is 1.83 bits per heavy atom. The first kappa shape index (κ1) is 19.7. The SMILES string of the molecule is O=C(c1cccc(-c2cncc(OCc3ccc(Cl)cc3Cl)c2)c1)N1CCCC1. The zero-order valence-electron chi connectivity index (χ0n) is 15.8. The van der Waals surface area contributed by atoms with Gasteiger partial charge in [0.2, 0.25) is 0 Å². The van der Waals surface area contributed by atoms with Gasteiger partial charge in [-0.25, -0.2) is 0 Å². The molecule has 4 nitrogen and oxygen atoms in total. The summed E-state index contributed by atoms with van der Waals surface area (Å²) in [6.07, 6.45) is 5.58. The van der Waals surface area contributed by atoms with E-state index in [0.717, 1.165) is 42.6 Å². The average Bonchev–Trinajstić information content (AvgIpc) is 3.28. The lowest BCUT2D eigenvalue weighted by atomic mass is 10.0. The molecule has 0 unspecified atom stereocenters. The minimum atomic E-state index is 0.0853. The van der Waals surface area contributed by atoms with E-state index in [1.807, 2.05) is 41.3 Å². The minimum absolute atomic E-state index is 0.0853. The fourth-order valence-corrected chi connectivity index (χ4v) is 3.85. The van der Waals surface area contributed by atoms with E-state index >= 15 is 0 Å². The lowest BCUT2D eigenvalue weighted by molar-refractivity contribution is 0.0793. The van der Waals surface area contributed by atoms with Crippen molar-refractivity contribution in [3.8, 4) is 16.9 Å². The van der Waals surface area contributed by atoms with Crippen molar-refractivity contribution in [2.45, 2.75) is 19.4 Å². The van der Waals surface area contributed by atoms with Crippen LogP contribution in [0.1, 0.15) is 28.8 Å². The molecule has 1 fully saturated rings. The van der Waals surface area contributed by atoms with Gasteiger partial charge >= 0.3 is 0 Å². The monoisotopic (exact) mass is 426 g/mol. The second-order valence-electron chi connectivity index (χ2n) is 7.01. The molecule has 2 aromatic carbocycles. The Kier molecular flexibility index (Phi) is 6.02. The summed E-state index contributed by atoms with van der Waals surface area (Å²) in [5.41, 5.74) is 3.36. The highest BCUT2D eigenvalue weighted by Gasteiger charge is 2.19. The van der Waals surface area contributed by atoms with Gasteiger partial charge in [0.05, 0.1) is 6.20 Å². The molecule has 0 atom stereocenters. The summed E-state index contributed by atoms with van der Waals surface area (Å²) in [7, 11) is 0. The fraction of sp³-hybridized carbons (Fsp3) is 0.217. The van der Waals surface area contributed by atoms with Crippen molar-refractivity contribution in [3.05, 3.63) is 82.1 Å². The first-order chi connectivity index (χ1) is 14.1. The summed E-state index contributed by atoms with van der Waals surface area (Å²) in [6.45, 7) is 1.98. The van der Waals surface area contributed by atoms with E-state index in [1.54, 1.807) is 24.5 Å². The van der Waals surface area contributed by atoms with Crippen molar-refractivity contribution >= 4 is 29.1 Å². The van der Waals surface area contributed by atoms with Crippen LogP contribution in [0.25, 0.3) is 11.1 Å². The van der Waals surface area contributed by atoms with Crippen LogP contribution in [0.15, 0.2) is 60.9 Å². The highest BCUT2D eigenvalue weighted by atomic mass is 35.5. The standard InChI is InChI=1S/C23H20Cl2N2O2/c24-20-7-6-18(22(25)12-20)15-29-21-11-19(13-26-14-21)16-4-3-5-17(10-16)23(28)27-8-1-2-9-27/h3-7,10-14H,1-2,8-9,15H2. The van der Waals surface area contributed by atoms with Crippen molar-refractivity contribution in [2.75, 3.05) is 13.1 Å². The van der Waals surface area contributed by atoms with Crippen molar-refractivity contribution < 1.29 is 9.53 Å². The van der Waals surface area contributed by atoms with E-state index < -0.39 is 0 Å². The second-order valence-corrected chi connectivity index (χ2v) is 7.86. The molecule has 0 bridgehead atoms. The number of carbonyl (C=O) groups is 1. The van der Waals surface area contributed by atoms with Gasteiger partial charge in [0.25, 0.3) is 5.91 Å². The Morgan fingerprint density at radius 1 is 1.00 bits per heavy atom. The van der Waals surface area contributed by atoms with Gasteiger partial charge in [-0.05, 0) is 48.7 Å². The number of amides is 1. The molecule has 3 aromatic rings.